The third-order valence-electron chi connectivity index (χ3n) is 5.32. The molecule has 3 aliphatic rings. The van der Waals surface area contributed by atoms with E-state index in [0.717, 1.165) is 18.3 Å². The minimum absolute atomic E-state index is 0.0156. The molecule has 0 radical (unpaired) electrons. The van der Waals surface area contributed by atoms with Crippen LogP contribution >= 0.6 is 11.6 Å². The van der Waals surface area contributed by atoms with E-state index in [1.54, 1.807) is 0 Å². The van der Waals surface area contributed by atoms with Crippen LogP contribution in [0.2, 0.25) is 0 Å². The maximum atomic E-state index is 12.5. The minimum atomic E-state index is 0.0156. The molecule has 5 atom stereocenters. The van der Waals surface area contributed by atoms with Gasteiger partial charge in [0.25, 0.3) is 0 Å². The van der Waals surface area contributed by atoms with E-state index in [1.807, 2.05) is 4.90 Å². The average Bonchev–Trinajstić information content (AvgIpc) is 3.01. The van der Waals surface area contributed by atoms with Gasteiger partial charge >= 0.3 is 0 Å². The molecule has 1 heterocycles. The number of rotatable bonds is 3. The predicted octanol–water partition coefficient (Wildman–Crippen LogP) is 2.67. The number of ether oxygens (including phenoxy) is 1. The van der Waals surface area contributed by atoms with Crippen molar-refractivity contribution in [3.8, 4) is 0 Å². The highest BCUT2D eigenvalue weighted by molar-refractivity contribution is 6.18. The molecule has 3 nitrogen and oxygen atoms in total. The molecular weight excluding hydrogens is 262 g/mol. The standard InChI is InChI=1S/C15H24ClNO2/c1-10-9-19-14(7-16)8-17(10)15(18)6-13-5-11-2-3-12(13)4-11/h10-14H,2-9H2,1H3. The van der Waals surface area contributed by atoms with Crippen LogP contribution in [0.15, 0.2) is 0 Å². The minimum Gasteiger partial charge on any atom is -0.373 e. The number of alkyl halides is 1. The Morgan fingerprint density at radius 2 is 2.21 bits per heavy atom. The molecular formula is C15H24ClNO2. The van der Waals surface area contributed by atoms with Gasteiger partial charge in [-0.1, -0.05) is 6.42 Å². The van der Waals surface area contributed by atoms with Gasteiger partial charge in [-0.2, -0.15) is 0 Å². The summed E-state index contributed by atoms with van der Waals surface area (Å²) in [6, 6.07) is 0.200. The average molecular weight is 286 g/mol. The lowest BCUT2D eigenvalue weighted by Gasteiger charge is -2.38. The maximum Gasteiger partial charge on any atom is 0.223 e. The molecule has 5 unspecified atom stereocenters. The van der Waals surface area contributed by atoms with E-state index in [4.69, 9.17) is 16.3 Å². The molecule has 2 bridgehead atoms. The van der Waals surface area contributed by atoms with Crippen LogP contribution in [-0.4, -0.2) is 42.0 Å². The summed E-state index contributed by atoms with van der Waals surface area (Å²) in [5.41, 5.74) is 0. The van der Waals surface area contributed by atoms with Crippen LogP contribution in [0.4, 0.5) is 0 Å². The molecule has 0 aromatic heterocycles. The molecule has 0 spiro atoms. The first-order valence-corrected chi connectivity index (χ1v) is 8.18. The Morgan fingerprint density at radius 1 is 1.37 bits per heavy atom. The fraction of sp³-hybridized carbons (Fsp3) is 0.933. The molecule has 2 saturated carbocycles. The number of hydrogen-bond acceptors (Lipinski definition) is 2. The van der Waals surface area contributed by atoms with Gasteiger partial charge in [-0.25, -0.2) is 0 Å². The molecule has 1 aliphatic heterocycles. The Bertz CT molecular complexity index is 349. The van der Waals surface area contributed by atoms with Gasteiger partial charge in [-0.3, -0.25) is 4.79 Å². The molecule has 2 aliphatic carbocycles. The Labute approximate surface area is 120 Å². The highest BCUT2D eigenvalue weighted by atomic mass is 35.5. The van der Waals surface area contributed by atoms with E-state index in [0.29, 0.717) is 30.9 Å². The second-order valence-corrected chi connectivity index (χ2v) is 6.95. The zero-order valence-corrected chi connectivity index (χ0v) is 12.4. The molecule has 108 valence electrons. The summed E-state index contributed by atoms with van der Waals surface area (Å²) in [4.78, 5) is 14.5. The van der Waals surface area contributed by atoms with Gasteiger partial charge in [0.15, 0.2) is 0 Å². The molecule has 0 aromatic rings. The van der Waals surface area contributed by atoms with Crippen molar-refractivity contribution in [2.24, 2.45) is 17.8 Å². The first kappa shape index (κ1) is 13.7. The summed E-state index contributed by atoms with van der Waals surface area (Å²) in [6.07, 6.45) is 6.18. The van der Waals surface area contributed by atoms with Crippen molar-refractivity contribution < 1.29 is 9.53 Å². The van der Waals surface area contributed by atoms with E-state index in [-0.39, 0.29) is 12.1 Å². The molecule has 19 heavy (non-hydrogen) atoms. The van der Waals surface area contributed by atoms with Crippen LogP contribution in [-0.2, 0) is 9.53 Å². The normalized spacial score (nSPS) is 41.8. The second kappa shape index (κ2) is 5.61. The van der Waals surface area contributed by atoms with E-state index >= 15 is 0 Å². The second-order valence-electron chi connectivity index (χ2n) is 6.64. The number of hydrogen-bond donors (Lipinski definition) is 0. The smallest absolute Gasteiger partial charge is 0.223 e. The lowest BCUT2D eigenvalue weighted by molar-refractivity contribution is -0.144. The summed E-state index contributed by atoms with van der Waals surface area (Å²) in [7, 11) is 0. The fourth-order valence-electron chi connectivity index (χ4n) is 4.23. The van der Waals surface area contributed by atoms with E-state index in [9.17, 15) is 4.79 Å². The SMILES string of the molecule is CC1COC(CCl)CN1C(=O)CC1CC2CCC1C2. The first-order valence-electron chi connectivity index (χ1n) is 7.64. The molecule has 1 amide bonds. The Hall–Kier alpha value is -0.280. The van der Waals surface area contributed by atoms with Crippen molar-refractivity contribution in [3.05, 3.63) is 0 Å². The van der Waals surface area contributed by atoms with Gasteiger partial charge in [0.1, 0.15) is 0 Å². The molecule has 0 N–H and O–H groups in total. The fourth-order valence-corrected chi connectivity index (χ4v) is 4.41. The number of carbonyl (C=O) groups is 1. The zero-order chi connectivity index (χ0) is 13.4. The van der Waals surface area contributed by atoms with Gasteiger partial charge in [0, 0.05) is 13.0 Å². The van der Waals surface area contributed by atoms with Crippen LogP contribution in [0.1, 0.15) is 39.0 Å². The third kappa shape index (κ3) is 2.78. The largest absolute Gasteiger partial charge is 0.373 e. The summed E-state index contributed by atoms with van der Waals surface area (Å²) in [5, 5.41) is 0. The predicted molar refractivity (Wildman–Crippen MR) is 75.2 cm³/mol. The van der Waals surface area contributed by atoms with E-state index < -0.39 is 0 Å². The highest BCUT2D eigenvalue weighted by Crippen LogP contribution is 2.49. The van der Waals surface area contributed by atoms with Gasteiger partial charge < -0.3 is 9.64 Å². The molecule has 3 fully saturated rings. The van der Waals surface area contributed by atoms with E-state index in [1.165, 1.54) is 25.7 Å². The first-order chi connectivity index (χ1) is 9.17. The van der Waals surface area contributed by atoms with Gasteiger partial charge in [0.2, 0.25) is 5.91 Å². The van der Waals surface area contributed by atoms with Crippen molar-refractivity contribution in [1.82, 2.24) is 4.90 Å². The quantitative estimate of drug-likeness (QED) is 0.746. The van der Waals surface area contributed by atoms with Gasteiger partial charge in [-0.15, -0.1) is 11.6 Å². The van der Waals surface area contributed by atoms with Crippen molar-refractivity contribution in [3.63, 3.8) is 0 Å². The lowest BCUT2D eigenvalue weighted by atomic mass is 9.86. The summed E-state index contributed by atoms with van der Waals surface area (Å²) in [6.45, 7) is 3.37. The number of amides is 1. The van der Waals surface area contributed by atoms with Crippen LogP contribution < -0.4 is 0 Å². The Kier molecular flexibility index (Phi) is 4.04. The van der Waals surface area contributed by atoms with Crippen LogP contribution in [0, 0.1) is 17.8 Å². The van der Waals surface area contributed by atoms with Crippen LogP contribution in [0.5, 0.6) is 0 Å². The summed E-state index contributed by atoms with van der Waals surface area (Å²) < 4.78 is 5.61. The monoisotopic (exact) mass is 285 g/mol. The van der Waals surface area contributed by atoms with Crippen molar-refractivity contribution in [1.29, 1.82) is 0 Å². The Balaban J connectivity index is 1.57. The zero-order valence-electron chi connectivity index (χ0n) is 11.7. The van der Waals surface area contributed by atoms with E-state index in [2.05, 4.69) is 6.92 Å². The topological polar surface area (TPSA) is 29.5 Å². The number of carbonyl (C=O) groups excluding carboxylic acids is 1. The molecule has 3 rings (SSSR count). The van der Waals surface area contributed by atoms with Crippen molar-refractivity contribution in [2.75, 3.05) is 19.0 Å². The van der Waals surface area contributed by atoms with Crippen molar-refractivity contribution in [2.45, 2.75) is 51.2 Å². The highest BCUT2D eigenvalue weighted by Gasteiger charge is 2.41. The number of morpholine rings is 1. The lowest BCUT2D eigenvalue weighted by Crippen LogP contribution is -2.52. The third-order valence-corrected chi connectivity index (χ3v) is 5.66. The van der Waals surface area contributed by atoms with Gasteiger partial charge in [0.05, 0.1) is 24.6 Å². The van der Waals surface area contributed by atoms with Gasteiger partial charge in [-0.05, 0) is 43.9 Å². The van der Waals surface area contributed by atoms with Crippen molar-refractivity contribution >= 4 is 17.5 Å². The molecule has 1 saturated heterocycles. The Morgan fingerprint density at radius 3 is 2.84 bits per heavy atom. The number of halogens is 1. The maximum absolute atomic E-state index is 12.5. The number of fused-ring (bicyclic) bond motifs is 2. The molecule has 4 heteroatoms. The summed E-state index contributed by atoms with van der Waals surface area (Å²) in [5.74, 6) is 3.19. The van der Waals surface area contributed by atoms with Crippen LogP contribution in [0.3, 0.4) is 0 Å². The number of nitrogens with zero attached hydrogens (tertiary/aromatic N) is 1. The van der Waals surface area contributed by atoms with Crippen LogP contribution in [0.25, 0.3) is 0 Å². The summed E-state index contributed by atoms with van der Waals surface area (Å²) >= 11 is 5.86. The molecule has 0 aromatic carbocycles.